The van der Waals surface area contributed by atoms with Gasteiger partial charge in [0.1, 0.15) is 0 Å². The van der Waals surface area contributed by atoms with E-state index in [-0.39, 0.29) is 18.4 Å². The Morgan fingerprint density at radius 2 is 1.85 bits per heavy atom. The van der Waals surface area contributed by atoms with E-state index in [1.54, 1.807) is 47.7 Å². The molecule has 0 bridgehead atoms. The summed E-state index contributed by atoms with van der Waals surface area (Å²) < 4.78 is 0. The molecule has 0 atom stereocenters. The van der Waals surface area contributed by atoms with Crippen LogP contribution in [0, 0.1) is 6.92 Å². The number of benzene rings is 2. The van der Waals surface area contributed by atoms with Gasteiger partial charge in [0, 0.05) is 16.6 Å². The van der Waals surface area contributed by atoms with Crippen molar-refractivity contribution in [2.45, 2.75) is 6.92 Å². The van der Waals surface area contributed by atoms with Gasteiger partial charge in [-0.2, -0.15) is 0 Å². The molecular weight excluding hydrogens is 370 g/mol. The molecule has 3 aromatic rings. The number of carbonyl (C=O) groups is 2. The number of amides is 2. The molecule has 0 saturated heterocycles. The highest BCUT2D eigenvalue weighted by atomic mass is 35.5. The fraction of sp³-hybridized carbons (Fsp3) is 0.105. The van der Waals surface area contributed by atoms with E-state index < -0.39 is 0 Å². The van der Waals surface area contributed by atoms with Crippen LogP contribution in [0.25, 0.3) is 11.3 Å². The van der Waals surface area contributed by atoms with Crippen LogP contribution in [0.15, 0.2) is 53.9 Å². The quantitative estimate of drug-likeness (QED) is 0.693. The maximum atomic E-state index is 12.0. The van der Waals surface area contributed by atoms with E-state index >= 15 is 0 Å². The van der Waals surface area contributed by atoms with E-state index in [0.717, 1.165) is 16.3 Å². The molecule has 3 rings (SSSR count). The third-order valence-electron chi connectivity index (χ3n) is 3.61. The second kappa shape index (κ2) is 8.12. The van der Waals surface area contributed by atoms with Crippen molar-refractivity contribution in [2.24, 2.45) is 0 Å². The Morgan fingerprint density at radius 1 is 1.12 bits per heavy atom. The average Bonchev–Trinajstić information content (AvgIpc) is 3.07. The minimum Gasteiger partial charge on any atom is -0.343 e. The standard InChI is InChI=1S/C19H16ClN3O2S/c1-12-22-17(11-26-12)13-6-8-14(9-7-13)23-18(24)10-21-19(25)15-4-2-3-5-16(15)20/h2-9,11H,10H2,1H3,(H,21,25)(H,23,24). The molecule has 2 amide bonds. The lowest BCUT2D eigenvalue weighted by atomic mass is 10.1. The normalized spacial score (nSPS) is 10.4. The topological polar surface area (TPSA) is 71.1 Å². The van der Waals surface area contributed by atoms with E-state index in [4.69, 9.17) is 11.6 Å². The number of hydrogen-bond acceptors (Lipinski definition) is 4. The number of nitrogens with zero attached hydrogens (tertiary/aromatic N) is 1. The van der Waals surface area contributed by atoms with Gasteiger partial charge in [-0.3, -0.25) is 9.59 Å². The molecule has 26 heavy (non-hydrogen) atoms. The Hall–Kier alpha value is -2.70. The molecule has 132 valence electrons. The van der Waals surface area contributed by atoms with Gasteiger partial charge in [0.2, 0.25) is 5.91 Å². The predicted octanol–water partition coefficient (Wildman–Crippen LogP) is 4.14. The number of carbonyl (C=O) groups excluding carboxylic acids is 2. The van der Waals surface area contributed by atoms with Crippen LogP contribution in [0.3, 0.4) is 0 Å². The van der Waals surface area contributed by atoms with Gasteiger partial charge >= 0.3 is 0 Å². The number of anilines is 1. The molecule has 0 radical (unpaired) electrons. The maximum Gasteiger partial charge on any atom is 0.253 e. The number of aryl methyl sites for hydroxylation is 1. The Kier molecular flexibility index (Phi) is 5.65. The number of halogens is 1. The molecule has 0 aliphatic heterocycles. The first kappa shape index (κ1) is 18.1. The predicted molar refractivity (Wildman–Crippen MR) is 105 cm³/mol. The summed E-state index contributed by atoms with van der Waals surface area (Å²) in [5.41, 5.74) is 2.89. The van der Waals surface area contributed by atoms with Crippen LogP contribution in [0.5, 0.6) is 0 Å². The SMILES string of the molecule is Cc1nc(-c2ccc(NC(=O)CNC(=O)c3ccccc3Cl)cc2)cs1. The van der Waals surface area contributed by atoms with Crippen molar-refractivity contribution in [3.63, 3.8) is 0 Å². The molecule has 0 unspecified atom stereocenters. The summed E-state index contributed by atoms with van der Waals surface area (Å²) in [6.07, 6.45) is 0. The monoisotopic (exact) mass is 385 g/mol. The number of aromatic nitrogens is 1. The van der Waals surface area contributed by atoms with E-state index in [1.807, 2.05) is 24.4 Å². The molecule has 1 aromatic heterocycles. The smallest absolute Gasteiger partial charge is 0.253 e. The minimum absolute atomic E-state index is 0.142. The second-order valence-electron chi connectivity index (χ2n) is 5.54. The van der Waals surface area contributed by atoms with Crippen LogP contribution < -0.4 is 10.6 Å². The molecule has 5 nitrogen and oxygen atoms in total. The van der Waals surface area contributed by atoms with Gasteiger partial charge in [0.25, 0.3) is 5.91 Å². The Balaban J connectivity index is 1.55. The van der Waals surface area contributed by atoms with Crippen molar-refractivity contribution in [1.82, 2.24) is 10.3 Å². The summed E-state index contributed by atoms with van der Waals surface area (Å²) in [5.74, 6) is -0.706. The van der Waals surface area contributed by atoms with E-state index in [0.29, 0.717) is 16.3 Å². The zero-order valence-corrected chi connectivity index (χ0v) is 15.5. The number of rotatable bonds is 5. The molecule has 1 heterocycles. The number of hydrogen-bond donors (Lipinski definition) is 2. The van der Waals surface area contributed by atoms with Crippen molar-refractivity contribution in [1.29, 1.82) is 0 Å². The van der Waals surface area contributed by atoms with Crippen LogP contribution in [0.1, 0.15) is 15.4 Å². The number of nitrogens with one attached hydrogen (secondary N) is 2. The summed E-state index contributed by atoms with van der Waals surface area (Å²) in [5, 5.41) is 8.64. The third-order valence-corrected chi connectivity index (χ3v) is 4.71. The average molecular weight is 386 g/mol. The molecule has 2 N–H and O–H groups in total. The lowest BCUT2D eigenvalue weighted by Crippen LogP contribution is -2.32. The van der Waals surface area contributed by atoms with Gasteiger partial charge in [-0.05, 0) is 31.2 Å². The van der Waals surface area contributed by atoms with E-state index in [9.17, 15) is 9.59 Å². The maximum absolute atomic E-state index is 12.0. The van der Waals surface area contributed by atoms with Crippen molar-refractivity contribution >= 4 is 40.4 Å². The Morgan fingerprint density at radius 3 is 2.50 bits per heavy atom. The highest BCUT2D eigenvalue weighted by Gasteiger charge is 2.11. The first-order valence-corrected chi connectivity index (χ1v) is 9.14. The fourth-order valence-electron chi connectivity index (χ4n) is 2.33. The van der Waals surface area contributed by atoms with Gasteiger partial charge in [-0.1, -0.05) is 35.9 Å². The van der Waals surface area contributed by atoms with Crippen molar-refractivity contribution in [3.8, 4) is 11.3 Å². The zero-order chi connectivity index (χ0) is 18.5. The molecule has 2 aromatic carbocycles. The highest BCUT2D eigenvalue weighted by molar-refractivity contribution is 7.09. The lowest BCUT2D eigenvalue weighted by molar-refractivity contribution is -0.115. The summed E-state index contributed by atoms with van der Waals surface area (Å²) in [4.78, 5) is 28.5. The largest absolute Gasteiger partial charge is 0.343 e. The third kappa shape index (κ3) is 4.47. The van der Waals surface area contributed by atoms with E-state index in [1.165, 1.54) is 0 Å². The van der Waals surface area contributed by atoms with Crippen LogP contribution >= 0.6 is 22.9 Å². The van der Waals surface area contributed by atoms with Crippen molar-refractivity contribution in [3.05, 3.63) is 69.5 Å². The summed E-state index contributed by atoms with van der Waals surface area (Å²) >= 11 is 7.56. The van der Waals surface area contributed by atoms with E-state index in [2.05, 4.69) is 15.6 Å². The van der Waals surface area contributed by atoms with Crippen LogP contribution in [0.2, 0.25) is 5.02 Å². The molecule has 0 fully saturated rings. The second-order valence-corrected chi connectivity index (χ2v) is 7.01. The summed E-state index contributed by atoms with van der Waals surface area (Å²) in [6, 6.07) is 14.1. The Labute approximate surface area is 160 Å². The van der Waals surface area contributed by atoms with Crippen LogP contribution in [-0.4, -0.2) is 23.3 Å². The lowest BCUT2D eigenvalue weighted by Gasteiger charge is -2.08. The van der Waals surface area contributed by atoms with Gasteiger partial charge in [-0.25, -0.2) is 4.98 Å². The molecular formula is C19H16ClN3O2S. The summed E-state index contributed by atoms with van der Waals surface area (Å²) in [6.45, 7) is 1.82. The van der Waals surface area contributed by atoms with Gasteiger partial charge < -0.3 is 10.6 Å². The molecule has 0 spiro atoms. The minimum atomic E-state index is -0.389. The van der Waals surface area contributed by atoms with Crippen LogP contribution in [-0.2, 0) is 4.79 Å². The zero-order valence-electron chi connectivity index (χ0n) is 14.0. The first-order chi connectivity index (χ1) is 12.5. The molecule has 0 saturated carbocycles. The molecule has 0 aliphatic rings. The Bertz CT molecular complexity index is 938. The van der Waals surface area contributed by atoms with Gasteiger partial charge in [0.05, 0.1) is 27.8 Å². The molecule has 0 aliphatic carbocycles. The fourth-order valence-corrected chi connectivity index (χ4v) is 3.17. The summed E-state index contributed by atoms with van der Waals surface area (Å²) in [7, 11) is 0. The number of thiazole rings is 1. The van der Waals surface area contributed by atoms with Gasteiger partial charge in [-0.15, -0.1) is 11.3 Å². The van der Waals surface area contributed by atoms with Crippen LogP contribution in [0.4, 0.5) is 5.69 Å². The highest BCUT2D eigenvalue weighted by Crippen LogP contribution is 2.23. The molecule has 7 heteroatoms. The van der Waals surface area contributed by atoms with Gasteiger partial charge in [0.15, 0.2) is 0 Å². The van der Waals surface area contributed by atoms with Crippen molar-refractivity contribution < 1.29 is 9.59 Å². The first-order valence-electron chi connectivity index (χ1n) is 7.88. The van der Waals surface area contributed by atoms with Crippen molar-refractivity contribution in [2.75, 3.05) is 11.9 Å².